The van der Waals surface area contributed by atoms with E-state index in [1.165, 1.54) is 6.07 Å². The number of ether oxygens (including phenoxy) is 1. The number of nitrogens with one attached hydrogen (secondary N) is 1. The van der Waals surface area contributed by atoms with E-state index in [0.29, 0.717) is 23.0 Å². The SMILES string of the molecule is COc1ccccc1-c1noc(CCNC(=O)c2ccc(F)c(F)c2)n1. The first kappa shape index (κ1) is 17.5. The van der Waals surface area contributed by atoms with Gasteiger partial charge in [-0.3, -0.25) is 4.79 Å². The number of carbonyl (C=O) groups is 1. The van der Waals surface area contributed by atoms with Crippen molar-refractivity contribution in [3.63, 3.8) is 0 Å². The van der Waals surface area contributed by atoms with Gasteiger partial charge in [-0.05, 0) is 30.3 Å². The van der Waals surface area contributed by atoms with E-state index in [0.717, 1.165) is 12.1 Å². The number of hydrogen-bond donors (Lipinski definition) is 1. The number of halogens is 2. The zero-order valence-electron chi connectivity index (χ0n) is 13.8. The van der Waals surface area contributed by atoms with Crippen molar-refractivity contribution in [2.24, 2.45) is 0 Å². The van der Waals surface area contributed by atoms with Gasteiger partial charge in [0.2, 0.25) is 11.7 Å². The van der Waals surface area contributed by atoms with Crippen LogP contribution < -0.4 is 10.1 Å². The highest BCUT2D eigenvalue weighted by Gasteiger charge is 2.14. The number of carbonyl (C=O) groups excluding carboxylic acids is 1. The van der Waals surface area contributed by atoms with Crippen molar-refractivity contribution in [1.82, 2.24) is 15.5 Å². The maximum absolute atomic E-state index is 13.2. The highest BCUT2D eigenvalue weighted by Crippen LogP contribution is 2.26. The number of nitrogens with zero attached hydrogens (tertiary/aromatic N) is 2. The van der Waals surface area contributed by atoms with E-state index in [1.807, 2.05) is 12.1 Å². The molecule has 134 valence electrons. The van der Waals surface area contributed by atoms with Crippen molar-refractivity contribution in [1.29, 1.82) is 0 Å². The Balaban J connectivity index is 1.60. The summed E-state index contributed by atoms with van der Waals surface area (Å²) in [5, 5.41) is 6.49. The molecular weight excluding hydrogens is 344 g/mol. The molecule has 0 aliphatic rings. The van der Waals surface area contributed by atoms with Gasteiger partial charge in [0, 0.05) is 18.5 Å². The van der Waals surface area contributed by atoms with Crippen LogP contribution in [0.1, 0.15) is 16.2 Å². The molecule has 8 heteroatoms. The summed E-state index contributed by atoms with van der Waals surface area (Å²) in [4.78, 5) is 16.2. The number of amides is 1. The molecule has 0 aliphatic heterocycles. The lowest BCUT2D eigenvalue weighted by Crippen LogP contribution is -2.25. The topological polar surface area (TPSA) is 77.3 Å². The fourth-order valence-electron chi connectivity index (χ4n) is 2.32. The van der Waals surface area contributed by atoms with Crippen LogP contribution in [0.15, 0.2) is 47.0 Å². The summed E-state index contributed by atoms with van der Waals surface area (Å²) in [7, 11) is 1.55. The molecule has 0 spiro atoms. The Bertz CT molecular complexity index is 928. The summed E-state index contributed by atoms with van der Waals surface area (Å²) in [6.07, 6.45) is 0.289. The highest BCUT2D eigenvalue weighted by atomic mass is 19.2. The first-order valence-corrected chi connectivity index (χ1v) is 7.77. The zero-order chi connectivity index (χ0) is 18.5. The van der Waals surface area contributed by atoms with Crippen LogP contribution in [0.5, 0.6) is 5.75 Å². The standard InChI is InChI=1S/C18H15F2N3O3/c1-25-15-5-3-2-4-12(15)17-22-16(26-23-17)8-9-21-18(24)11-6-7-13(19)14(20)10-11/h2-7,10H,8-9H2,1H3,(H,21,24). The second-order valence-corrected chi connectivity index (χ2v) is 5.35. The van der Waals surface area contributed by atoms with Crippen LogP contribution in [0.3, 0.4) is 0 Å². The van der Waals surface area contributed by atoms with Crippen LogP contribution in [-0.4, -0.2) is 29.7 Å². The molecule has 1 aromatic heterocycles. The summed E-state index contributed by atoms with van der Waals surface area (Å²) in [6.45, 7) is 0.200. The molecule has 0 aliphatic carbocycles. The minimum absolute atomic E-state index is 0.0316. The third-order valence-corrected chi connectivity index (χ3v) is 3.62. The Labute approximate surface area is 147 Å². The third kappa shape index (κ3) is 3.85. The molecule has 0 fully saturated rings. The van der Waals surface area contributed by atoms with Gasteiger partial charge in [-0.15, -0.1) is 0 Å². The van der Waals surface area contributed by atoms with Gasteiger partial charge in [-0.1, -0.05) is 17.3 Å². The van der Waals surface area contributed by atoms with E-state index in [-0.39, 0.29) is 18.5 Å². The molecule has 0 unspecified atom stereocenters. The summed E-state index contributed by atoms with van der Waals surface area (Å²) in [5.74, 6) is -1.27. The Morgan fingerprint density at radius 2 is 2.00 bits per heavy atom. The number of rotatable bonds is 6. The van der Waals surface area contributed by atoms with Gasteiger partial charge in [-0.2, -0.15) is 4.98 Å². The quantitative estimate of drug-likeness (QED) is 0.732. The smallest absolute Gasteiger partial charge is 0.251 e. The summed E-state index contributed by atoms with van der Waals surface area (Å²) >= 11 is 0. The Morgan fingerprint density at radius 3 is 2.77 bits per heavy atom. The molecule has 2 aromatic carbocycles. The first-order valence-electron chi connectivity index (χ1n) is 7.77. The molecule has 1 amide bonds. The molecule has 1 N–H and O–H groups in total. The summed E-state index contributed by atoms with van der Waals surface area (Å²) < 4.78 is 36.5. The van der Waals surface area contributed by atoms with E-state index >= 15 is 0 Å². The summed E-state index contributed by atoms with van der Waals surface area (Å²) in [6, 6.07) is 10.2. The average Bonchev–Trinajstić information content (AvgIpc) is 3.12. The Hall–Kier alpha value is -3.29. The zero-order valence-corrected chi connectivity index (χ0v) is 13.8. The predicted molar refractivity (Wildman–Crippen MR) is 88.7 cm³/mol. The first-order chi connectivity index (χ1) is 12.6. The lowest BCUT2D eigenvalue weighted by molar-refractivity contribution is 0.0953. The number of hydrogen-bond acceptors (Lipinski definition) is 5. The number of methoxy groups -OCH3 is 1. The number of aromatic nitrogens is 2. The van der Waals surface area contributed by atoms with Crippen molar-refractivity contribution in [3.8, 4) is 17.1 Å². The van der Waals surface area contributed by atoms with E-state index in [4.69, 9.17) is 9.26 Å². The van der Waals surface area contributed by atoms with Gasteiger partial charge >= 0.3 is 0 Å². The Kier molecular flexibility index (Phi) is 5.21. The van der Waals surface area contributed by atoms with Crippen LogP contribution in [0, 0.1) is 11.6 Å². The van der Waals surface area contributed by atoms with Crippen molar-refractivity contribution in [2.45, 2.75) is 6.42 Å². The van der Waals surface area contributed by atoms with Crippen LogP contribution in [0.4, 0.5) is 8.78 Å². The highest BCUT2D eigenvalue weighted by molar-refractivity contribution is 5.94. The molecule has 0 bridgehead atoms. The van der Waals surface area contributed by atoms with Crippen molar-refractivity contribution < 1.29 is 22.8 Å². The van der Waals surface area contributed by atoms with Gasteiger partial charge in [0.05, 0.1) is 12.7 Å². The number of para-hydroxylation sites is 1. The van der Waals surface area contributed by atoms with Gasteiger partial charge in [0.15, 0.2) is 11.6 Å². The third-order valence-electron chi connectivity index (χ3n) is 3.62. The van der Waals surface area contributed by atoms with Crippen LogP contribution in [0.25, 0.3) is 11.4 Å². The van der Waals surface area contributed by atoms with Crippen molar-refractivity contribution in [3.05, 3.63) is 65.6 Å². The molecule has 26 heavy (non-hydrogen) atoms. The predicted octanol–water partition coefficient (Wildman–Crippen LogP) is 3.00. The maximum atomic E-state index is 13.2. The fourth-order valence-corrected chi connectivity index (χ4v) is 2.32. The second-order valence-electron chi connectivity index (χ2n) is 5.35. The van der Waals surface area contributed by atoms with Gasteiger partial charge < -0.3 is 14.6 Å². The minimum atomic E-state index is -1.07. The van der Waals surface area contributed by atoms with E-state index < -0.39 is 17.5 Å². The lowest BCUT2D eigenvalue weighted by Gasteiger charge is -2.04. The molecule has 3 rings (SSSR count). The van der Waals surface area contributed by atoms with Gasteiger partial charge in [0.25, 0.3) is 5.91 Å². The van der Waals surface area contributed by atoms with Gasteiger partial charge in [-0.25, -0.2) is 8.78 Å². The monoisotopic (exact) mass is 359 g/mol. The minimum Gasteiger partial charge on any atom is -0.496 e. The molecule has 0 saturated heterocycles. The fraction of sp³-hybridized carbons (Fsp3) is 0.167. The summed E-state index contributed by atoms with van der Waals surface area (Å²) in [5.41, 5.74) is 0.722. The van der Waals surface area contributed by atoms with Crippen LogP contribution in [-0.2, 0) is 6.42 Å². The lowest BCUT2D eigenvalue weighted by atomic mass is 10.2. The molecular formula is C18H15F2N3O3. The molecule has 6 nitrogen and oxygen atoms in total. The van der Waals surface area contributed by atoms with E-state index in [1.54, 1.807) is 19.2 Å². The van der Waals surface area contributed by atoms with Crippen LogP contribution >= 0.6 is 0 Å². The molecule has 1 heterocycles. The molecule has 3 aromatic rings. The van der Waals surface area contributed by atoms with E-state index in [2.05, 4.69) is 15.5 Å². The van der Waals surface area contributed by atoms with E-state index in [9.17, 15) is 13.6 Å². The molecule has 0 radical (unpaired) electrons. The normalized spacial score (nSPS) is 10.6. The van der Waals surface area contributed by atoms with Crippen LogP contribution in [0.2, 0.25) is 0 Å². The number of benzene rings is 2. The molecule has 0 saturated carbocycles. The van der Waals surface area contributed by atoms with Crippen molar-refractivity contribution >= 4 is 5.91 Å². The van der Waals surface area contributed by atoms with Gasteiger partial charge in [0.1, 0.15) is 5.75 Å². The Morgan fingerprint density at radius 1 is 1.19 bits per heavy atom. The molecule has 0 atom stereocenters. The maximum Gasteiger partial charge on any atom is 0.251 e. The average molecular weight is 359 g/mol. The second kappa shape index (κ2) is 7.73. The van der Waals surface area contributed by atoms with Crippen molar-refractivity contribution in [2.75, 3.05) is 13.7 Å². The largest absolute Gasteiger partial charge is 0.496 e.